The van der Waals surface area contributed by atoms with E-state index in [1.165, 1.54) is 26.1 Å². The van der Waals surface area contributed by atoms with Gasteiger partial charge in [0, 0.05) is 35.4 Å². The molecule has 0 bridgehead atoms. The number of anilines is 3. The normalized spacial score (nSPS) is 13.6. The molecule has 2 aromatic heterocycles. The number of rotatable bonds is 10. The highest BCUT2D eigenvalue weighted by molar-refractivity contribution is 6.02. The van der Waals surface area contributed by atoms with Gasteiger partial charge in [0.2, 0.25) is 11.8 Å². The van der Waals surface area contributed by atoms with Crippen molar-refractivity contribution in [2.45, 2.75) is 38.6 Å². The number of aromatic nitrogens is 2. The number of hydrogen-bond acceptors (Lipinski definition) is 6. The molecule has 0 aliphatic heterocycles. The van der Waals surface area contributed by atoms with Crippen molar-refractivity contribution in [1.29, 1.82) is 0 Å². The molecular weight excluding hydrogens is 430 g/mol. The zero-order valence-electron chi connectivity index (χ0n) is 19.4. The lowest BCUT2D eigenvalue weighted by Gasteiger charge is -2.19. The molecule has 3 N–H and O–H groups in total. The molecule has 1 fully saturated rings. The van der Waals surface area contributed by atoms with E-state index in [1.54, 1.807) is 30.6 Å². The van der Waals surface area contributed by atoms with Crippen LogP contribution in [0, 0.1) is 12.8 Å². The van der Waals surface area contributed by atoms with Gasteiger partial charge in [-0.15, -0.1) is 0 Å². The second-order valence-electron chi connectivity index (χ2n) is 8.52. The first-order valence-corrected chi connectivity index (χ1v) is 11.4. The SMILES string of the molecule is COc1ccc(NC(=O)C(CCC2CC2)NC(=O)c2ccc(Nc3ccncc3)cc2C)cn1. The predicted octanol–water partition coefficient (Wildman–Crippen LogP) is 4.46. The van der Waals surface area contributed by atoms with Crippen LogP contribution in [-0.4, -0.2) is 34.9 Å². The first-order valence-electron chi connectivity index (χ1n) is 11.4. The molecule has 2 heterocycles. The van der Waals surface area contributed by atoms with Crippen LogP contribution in [0.5, 0.6) is 5.88 Å². The summed E-state index contributed by atoms with van der Waals surface area (Å²) < 4.78 is 5.06. The molecular formula is C26H29N5O3. The molecule has 0 saturated heterocycles. The first-order chi connectivity index (χ1) is 16.5. The van der Waals surface area contributed by atoms with E-state index < -0.39 is 6.04 Å². The Balaban J connectivity index is 1.43. The number of carbonyl (C=O) groups is 2. The highest BCUT2D eigenvalue weighted by Crippen LogP contribution is 2.34. The number of aryl methyl sites for hydroxylation is 1. The Morgan fingerprint density at radius 3 is 2.47 bits per heavy atom. The summed E-state index contributed by atoms with van der Waals surface area (Å²) in [7, 11) is 1.54. The molecule has 1 aliphatic rings. The second-order valence-corrected chi connectivity index (χ2v) is 8.52. The Bertz CT molecular complexity index is 1130. The summed E-state index contributed by atoms with van der Waals surface area (Å²) in [5.74, 6) is 0.593. The zero-order valence-corrected chi connectivity index (χ0v) is 19.4. The molecule has 8 nitrogen and oxygen atoms in total. The van der Waals surface area contributed by atoms with Crippen molar-refractivity contribution >= 4 is 28.9 Å². The van der Waals surface area contributed by atoms with Crippen LogP contribution >= 0.6 is 0 Å². The number of nitrogens with zero attached hydrogens (tertiary/aromatic N) is 2. The minimum absolute atomic E-state index is 0.255. The number of hydrogen-bond donors (Lipinski definition) is 3. The van der Waals surface area contributed by atoms with Gasteiger partial charge < -0.3 is 20.7 Å². The Morgan fingerprint density at radius 2 is 1.82 bits per heavy atom. The Labute approximate surface area is 199 Å². The summed E-state index contributed by atoms with van der Waals surface area (Å²) in [5.41, 5.74) is 3.69. The van der Waals surface area contributed by atoms with Gasteiger partial charge in [0.15, 0.2) is 0 Å². The quantitative estimate of drug-likeness (QED) is 0.413. The lowest BCUT2D eigenvalue weighted by molar-refractivity contribution is -0.118. The maximum atomic E-state index is 13.1. The number of ether oxygens (including phenoxy) is 1. The number of methoxy groups -OCH3 is 1. The van der Waals surface area contributed by atoms with Crippen LogP contribution in [0.25, 0.3) is 0 Å². The third-order valence-electron chi connectivity index (χ3n) is 5.84. The minimum atomic E-state index is -0.635. The second kappa shape index (κ2) is 10.8. The van der Waals surface area contributed by atoms with Crippen molar-refractivity contribution in [3.8, 4) is 5.88 Å². The number of amides is 2. The van der Waals surface area contributed by atoms with Crippen LogP contribution in [0.1, 0.15) is 41.6 Å². The molecule has 1 atom stereocenters. The standard InChI is InChI=1S/C26H29N5O3/c1-17-15-20(29-19-11-13-27-14-12-19)6-8-22(17)25(32)31-23(9-5-18-3-4-18)26(33)30-21-7-10-24(34-2)28-16-21/h6-8,10-16,18,23H,3-5,9H2,1-2H3,(H,27,29)(H,30,33)(H,31,32). The Hall–Kier alpha value is -3.94. The summed E-state index contributed by atoms with van der Waals surface area (Å²) in [6.07, 6.45) is 8.85. The van der Waals surface area contributed by atoms with Crippen LogP contribution in [0.2, 0.25) is 0 Å². The van der Waals surface area contributed by atoms with Gasteiger partial charge in [0.1, 0.15) is 6.04 Å². The summed E-state index contributed by atoms with van der Waals surface area (Å²) in [6.45, 7) is 1.88. The molecule has 34 heavy (non-hydrogen) atoms. The molecule has 176 valence electrons. The van der Waals surface area contributed by atoms with Crippen molar-refractivity contribution in [2.75, 3.05) is 17.7 Å². The third kappa shape index (κ3) is 6.31. The van der Waals surface area contributed by atoms with Crippen LogP contribution in [0.15, 0.2) is 61.1 Å². The fraction of sp³-hybridized carbons (Fsp3) is 0.308. The first kappa shape index (κ1) is 23.2. The van der Waals surface area contributed by atoms with Gasteiger partial charge in [0.05, 0.1) is 19.0 Å². The molecule has 1 saturated carbocycles. The monoisotopic (exact) mass is 459 g/mol. The van der Waals surface area contributed by atoms with Crippen molar-refractivity contribution in [2.24, 2.45) is 5.92 Å². The van der Waals surface area contributed by atoms with E-state index in [0.29, 0.717) is 29.5 Å². The summed E-state index contributed by atoms with van der Waals surface area (Å²) >= 11 is 0. The van der Waals surface area contributed by atoms with E-state index in [1.807, 2.05) is 31.2 Å². The molecule has 3 aromatic rings. The van der Waals surface area contributed by atoms with Gasteiger partial charge >= 0.3 is 0 Å². The largest absolute Gasteiger partial charge is 0.481 e. The number of carbonyl (C=O) groups excluding carboxylic acids is 2. The van der Waals surface area contributed by atoms with Crippen molar-refractivity contribution in [1.82, 2.24) is 15.3 Å². The smallest absolute Gasteiger partial charge is 0.252 e. The van der Waals surface area contributed by atoms with Gasteiger partial charge in [0.25, 0.3) is 5.91 Å². The van der Waals surface area contributed by atoms with E-state index >= 15 is 0 Å². The average molecular weight is 460 g/mol. The average Bonchev–Trinajstić information content (AvgIpc) is 3.67. The van der Waals surface area contributed by atoms with Gasteiger partial charge in [-0.2, -0.15) is 0 Å². The highest BCUT2D eigenvalue weighted by atomic mass is 16.5. The maximum Gasteiger partial charge on any atom is 0.252 e. The fourth-order valence-electron chi connectivity index (χ4n) is 3.72. The van der Waals surface area contributed by atoms with Crippen LogP contribution in [0.3, 0.4) is 0 Å². The zero-order chi connectivity index (χ0) is 23.9. The summed E-state index contributed by atoms with van der Waals surface area (Å²) in [6, 6.07) is 12.1. The van der Waals surface area contributed by atoms with Crippen molar-refractivity contribution in [3.63, 3.8) is 0 Å². The molecule has 0 radical (unpaired) electrons. The molecule has 0 spiro atoms. The van der Waals surface area contributed by atoms with Crippen LogP contribution in [0.4, 0.5) is 17.1 Å². The van der Waals surface area contributed by atoms with E-state index in [9.17, 15) is 9.59 Å². The Morgan fingerprint density at radius 1 is 1.06 bits per heavy atom. The summed E-state index contributed by atoms with van der Waals surface area (Å²) in [4.78, 5) is 34.2. The highest BCUT2D eigenvalue weighted by Gasteiger charge is 2.27. The van der Waals surface area contributed by atoms with Crippen molar-refractivity contribution < 1.29 is 14.3 Å². The third-order valence-corrected chi connectivity index (χ3v) is 5.84. The van der Waals surface area contributed by atoms with Crippen LogP contribution < -0.4 is 20.7 Å². The Kier molecular flexibility index (Phi) is 7.37. The minimum Gasteiger partial charge on any atom is -0.481 e. The molecule has 2 amide bonds. The van der Waals surface area contributed by atoms with Gasteiger partial charge in [-0.3, -0.25) is 14.6 Å². The van der Waals surface area contributed by atoms with E-state index in [0.717, 1.165) is 23.4 Å². The van der Waals surface area contributed by atoms with Gasteiger partial charge in [-0.1, -0.05) is 12.8 Å². The fourth-order valence-corrected chi connectivity index (χ4v) is 3.72. The number of benzene rings is 1. The predicted molar refractivity (Wildman–Crippen MR) is 131 cm³/mol. The molecule has 1 aromatic carbocycles. The molecule has 4 rings (SSSR count). The maximum absolute atomic E-state index is 13.1. The van der Waals surface area contributed by atoms with E-state index in [2.05, 4.69) is 25.9 Å². The van der Waals surface area contributed by atoms with Gasteiger partial charge in [-0.05, 0) is 67.6 Å². The van der Waals surface area contributed by atoms with Crippen LogP contribution in [-0.2, 0) is 4.79 Å². The molecule has 1 unspecified atom stereocenters. The van der Waals surface area contributed by atoms with E-state index in [4.69, 9.17) is 4.74 Å². The molecule has 8 heteroatoms. The van der Waals surface area contributed by atoms with E-state index in [-0.39, 0.29) is 11.8 Å². The summed E-state index contributed by atoms with van der Waals surface area (Å²) in [5, 5.41) is 9.10. The lowest BCUT2D eigenvalue weighted by Crippen LogP contribution is -2.44. The van der Waals surface area contributed by atoms with Gasteiger partial charge in [-0.25, -0.2) is 4.98 Å². The lowest BCUT2D eigenvalue weighted by atomic mass is 10.0. The van der Waals surface area contributed by atoms with Crippen molar-refractivity contribution in [3.05, 3.63) is 72.2 Å². The number of pyridine rings is 2. The molecule has 1 aliphatic carbocycles. The number of nitrogens with one attached hydrogen (secondary N) is 3. The topological polar surface area (TPSA) is 105 Å².